The van der Waals surface area contributed by atoms with Gasteiger partial charge in [0.25, 0.3) is 0 Å². The van der Waals surface area contributed by atoms with Crippen LogP contribution in [0.4, 0.5) is 0 Å². The topological polar surface area (TPSA) is 61.8 Å². The Morgan fingerprint density at radius 2 is 1.50 bits per heavy atom. The lowest BCUT2D eigenvalue weighted by Crippen LogP contribution is -2.16. The SMILES string of the molecule is COc1ccc(C2CCCOC(=O)CC(=O)OCCC2)cc1. The van der Waals surface area contributed by atoms with Gasteiger partial charge in [0.1, 0.15) is 12.2 Å². The third-order valence-electron chi connectivity index (χ3n) is 3.80. The molecule has 0 radical (unpaired) electrons. The molecule has 5 nitrogen and oxygen atoms in total. The summed E-state index contributed by atoms with van der Waals surface area (Å²) < 4.78 is 15.3. The molecule has 0 bridgehead atoms. The van der Waals surface area contributed by atoms with Gasteiger partial charge >= 0.3 is 11.9 Å². The van der Waals surface area contributed by atoms with E-state index in [0.29, 0.717) is 19.1 Å². The third-order valence-corrected chi connectivity index (χ3v) is 3.80. The monoisotopic (exact) mass is 306 g/mol. The minimum absolute atomic E-state index is 0.290. The molecule has 1 heterocycles. The highest BCUT2D eigenvalue weighted by molar-refractivity contribution is 5.91. The van der Waals surface area contributed by atoms with Crippen LogP contribution in [0, 0.1) is 0 Å². The molecule has 0 aromatic heterocycles. The van der Waals surface area contributed by atoms with Crippen molar-refractivity contribution in [3.05, 3.63) is 29.8 Å². The molecule has 1 aliphatic rings. The van der Waals surface area contributed by atoms with Gasteiger partial charge in [-0.1, -0.05) is 12.1 Å². The molecule has 2 rings (SSSR count). The molecule has 1 aromatic carbocycles. The minimum atomic E-state index is -0.508. The molecule has 0 amide bonds. The van der Waals surface area contributed by atoms with Crippen molar-refractivity contribution in [3.63, 3.8) is 0 Å². The molecule has 0 unspecified atom stereocenters. The number of carbonyl (C=O) groups excluding carboxylic acids is 2. The summed E-state index contributed by atoms with van der Waals surface area (Å²) in [4.78, 5) is 22.8. The minimum Gasteiger partial charge on any atom is -0.497 e. The van der Waals surface area contributed by atoms with Crippen LogP contribution in [0.5, 0.6) is 5.75 Å². The molecule has 0 aliphatic carbocycles. The first kappa shape index (κ1) is 16.3. The number of methoxy groups -OCH3 is 1. The Kier molecular flexibility index (Phi) is 6.25. The average molecular weight is 306 g/mol. The molecule has 0 atom stereocenters. The van der Waals surface area contributed by atoms with E-state index < -0.39 is 11.9 Å². The number of benzene rings is 1. The number of rotatable bonds is 2. The average Bonchev–Trinajstić information content (AvgIpc) is 2.52. The van der Waals surface area contributed by atoms with Crippen molar-refractivity contribution in [2.24, 2.45) is 0 Å². The first-order valence-electron chi connectivity index (χ1n) is 7.64. The number of carbonyl (C=O) groups is 2. The van der Waals surface area contributed by atoms with Crippen LogP contribution < -0.4 is 4.74 Å². The molecule has 0 N–H and O–H groups in total. The molecule has 1 aliphatic heterocycles. The first-order chi connectivity index (χ1) is 10.7. The summed E-state index contributed by atoms with van der Waals surface area (Å²) in [6.45, 7) is 0.692. The van der Waals surface area contributed by atoms with Gasteiger partial charge in [-0.25, -0.2) is 0 Å². The molecular weight excluding hydrogens is 284 g/mol. The van der Waals surface area contributed by atoms with Gasteiger partial charge in [0.15, 0.2) is 0 Å². The summed E-state index contributed by atoms with van der Waals surface area (Å²) in [7, 11) is 1.65. The van der Waals surface area contributed by atoms with E-state index in [1.54, 1.807) is 7.11 Å². The van der Waals surface area contributed by atoms with Crippen molar-refractivity contribution in [1.29, 1.82) is 0 Å². The van der Waals surface area contributed by atoms with E-state index >= 15 is 0 Å². The van der Waals surface area contributed by atoms with Gasteiger partial charge in [0.2, 0.25) is 0 Å². The maximum Gasteiger partial charge on any atom is 0.317 e. The van der Waals surface area contributed by atoms with Crippen molar-refractivity contribution < 1.29 is 23.8 Å². The van der Waals surface area contributed by atoms with E-state index in [0.717, 1.165) is 31.4 Å². The third kappa shape index (κ3) is 5.06. The Hall–Kier alpha value is -2.04. The van der Waals surface area contributed by atoms with E-state index in [9.17, 15) is 9.59 Å². The maximum atomic E-state index is 11.4. The predicted molar refractivity (Wildman–Crippen MR) is 80.7 cm³/mol. The second-order valence-corrected chi connectivity index (χ2v) is 5.37. The molecule has 120 valence electrons. The van der Waals surface area contributed by atoms with Crippen LogP contribution in [0.3, 0.4) is 0 Å². The zero-order valence-corrected chi connectivity index (χ0v) is 12.9. The van der Waals surface area contributed by atoms with Crippen LogP contribution in [0.25, 0.3) is 0 Å². The van der Waals surface area contributed by atoms with Crippen LogP contribution in [0.15, 0.2) is 24.3 Å². The molecular formula is C17H22O5. The lowest BCUT2D eigenvalue weighted by molar-refractivity contribution is -0.154. The van der Waals surface area contributed by atoms with Gasteiger partial charge in [0, 0.05) is 0 Å². The fourth-order valence-corrected chi connectivity index (χ4v) is 2.61. The van der Waals surface area contributed by atoms with Gasteiger partial charge in [-0.2, -0.15) is 0 Å². The van der Waals surface area contributed by atoms with Gasteiger partial charge in [-0.15, -0.1) is 0 Å². The van der Waals surface area contributed by atoms with Crippen molar-refractivity contribution >= 4 is 11.9 Å². The second kappa shape index (κ2) is 8.41. The molecule has 22 heavy (non-hydrogen) atoms. The number of ether oxygens (including phenoxy) is 3. The van der Waals surface area contributed by atoms with Crippen molar-refractivity contribution in [2.45, 2.75) is 38.0 Å². The predicted octanol–water partition coefficient (Wildman–Crippen LogP) is 2.83. The number of cyclic esters (lactones) is 2. The number of hydrogen-bond donors (Lipinski definition) is 0. The standard InChI is InChI=1S/C17H22O5/c1-20-15-8-6-14(7-9-15)13-4-2-10-21-16(18)12-17(19)22-11-3-5-13/h6-9,13H,2-5,10-12H2,1H3. The van der Waals surface area contributed by atoms with Crippen LogP contribution in [0.1, 0.15) is 43.6 Å². The fraction of sp³-hybridized carbons (Fsp3) is 0.529. The van der Waals surface area contributed by atoms with Crippen molar-refractivity contribution in [1.82, 2.24) is 0 Å². The lowest BCUT2D eigenvalue weighted by atomic mass is 9.90. The highest BCUT2D eigenvalue weighted by Gasteiger charge is 2.16. The van der Waals surface area contributed by atoms with E-state index in [1.165, 1.54) is 5.56 Å². The van der Waals surface area contributed by atoms with Crippen molar-refractivity contribution in [2.75, 3.05) is 20.3 Å². The smallest absolute Gasteiger partial charge is 0.317 e. The van der Waals surface area contributed by atoms with E-state index in [4.69, 9.17) is 14.2 Å². The molecule has 0 spiro atoms. The zero-order chi connectivity index (χ0) is 15.8. The van der Waals surface area contributed by atoms with Gasteiger partial charge in [0.05, 0.1) is 20.3 Å². The van der Waals surface area contributed by atoms with Crippen molar-refractivity contribution in [3.8, 4) is 5.75 Å². The first-order valence-corrected chi connectivity index (χ1v) is 7.64. The summed E-state index contributed by atoms with van der Waals surface area (Å²) >= 11 is 0. The molecule has 1 fully saturated rings. The van der Waals surface area contributed by atoms with E-state index in [-0.39, 0.29) is 6.42 Å². The van der Waals surface area contributed by atoms with Crippen LogP contribution >= 0.6 is 0 Å². The second-order valence-electron chi connectivity index (χ2n) is 5.37. The summed E-state index contributed by atoms with van der Waals surface area (Å²) in [5.41, 5.74) is 1.23. The van der Waals surface area contributed by atoms with Crippen LogP contribution in [0.2, 0.25) is 0 Å². The van der Waals surface area contributed by atoms with Crippen LogP contribution in [-0.2, 0) is 19.1 Å². The Bertz CT molecular complexity index is 472. The summed E-state index contributed by atoms with van der Waals surface area (Å²) in [5.74, 6) is 0.181. The number of hydrogen-bond acceptors (Lipinski definition) is 5. The summed E-state index contributed by atoms with van der Waals surface area (Å²) in [6, 6.07) is 8.03. The van der Waals surface area contributed by atoms with E-state index in [1.807, 2.05) is 12.1 Å². The summed E-state index contributed by atoms with van der Waals surface area (Å²) in [6.07, 6.45) is 3.16. The Labute approximate surface area is 130 Å². The fourth-order valence-electron chi connectivity index (χ4n) is 2.61. The Balaban J connectivity index is 1.99. The van der Waals surface area contributed by atoms with Gasteiger partial charge in [-0.3, -0.25) is 9.59 Å². The van der Waals surface area contributed by atoms with Crippen LogP contribution in [-0.4, -0.2) is 32.3 Å². The van der Waals surface area contributed by atoms with Gasteiger partial charge < -0.3 is 14.2 Å². The quantitative estimate of drug-likeness (QED) is 0.621. The molecule has 1 saturated heterocycles. The Morgan fingerprint density at radius 3 is 2.00 bits per heavy atom. The van der Waals surface area contributed by atoms with Gasteiger partial charge in [-0.05, 0) is 49.3 Å². The largest absolute Gasteiger partial charge is 0.497 e. The van der Waals surface area contributed by atoms with E-state index in [2.05, 4.69) is 12.1 Å². The summed E-state index contributed by atoms with van der Waals surface area (Å²) in [5, 5.41) is 0. The normalized spacial score (nSPS) is 18.6. The molecule has 0 saturated carbocycles. The zero-order valence-electron chi connectivity index (χ0n) is 12.9. The lowest BCUT2D eigenvalue weighted by Gasteiger charge is -2.18. The highest BCUT2D eigenvalue weighted by atomic mass is 16.6. The molecule has 5 heteroatoms. The molecule has 1 aromatic rings. The number of esters is 2. The highest BCUT2D eigenvalue weighted by Crippen LogP contribution is 2.28. The Morgan fingerprint density at radius 1 is 0.955 bits per heavy atom. The maximum absolute atomic E-state index is 11.4.